The van der Waals surface area contributed by atoms with Crippen molar-refractivity contribution < 1.29 is 14.0 Å². The van der Waals surface area contributed by atoms with Gasteiger partial charge >= 0.3 is 0 Å². The highest BCUT2D eigenvalue weighted by Gasteiger charge is 2.12. The Morgan fingerprint density at radius 1 is 1.00 bits per heavy atom. The topological polar surface area (TPSA) is 72.2 Å². The third-order valence-electron chi connectivity index (χ3n) is 2.97. The Hall–Kier alpha value is -1.21. The summed E-state index contributed by atoms with van der Waals surface area (Å²) in [5.74, 6) is 4.41. The smallest absolute Gasteiger partial charge is 0.255 e. The standard InChI is InChI=1S/C8H5Cl2FO.C7H5ClO.C4H12N2.ClH/c1-4-6(9)3-2-5(7(4)11)8(10)12;8-7(9)6-4-2-1-3-5-6;1-4(2,3)6-5;/h2-3H,1H3;1-5H;6H,5H2,1-3H3;1H. The summed E-state index contributed by atoms with van der Waals surface area (Å²) < 4.78 is 13.1. The Kier molecular flexibility index (Phi) is 14.4. The lowest BCUT2D eigenvalue weighted by atomic mass is 10.1. The van der Waals surface area contributed by atoms with E-state index in [1.807, 2.05) is 26.8 Å². The molecule has 4 nitrogen and oxygen atoms in total. The van der Waals surface area contributed by atoms with Crippen molar-refractivity contribution in [2.75, 3.05) is 0 Å². The van der Waals surface area contributed by atoms with Crippen molar-refractivity contribution in [2.45, 2.75) is 33.2 Å². The van der Waals surface area contributed by atoms with Crippen LogP contribution in [0, 0.1) is 12.7 Å². The first-order chi connectivity index (χ1) is 12.4. The second-order valence-corrected chi connectivity index (χ2v) is 7.44. The zero-order valence-corrected chi connectivity index (χ0v) is 18.9. The fourth-order valence-corrected chi connectivity index (χ4v) is 1.80. The molecule has 0 spiro atoms. The molecule has 0 radical (unpaired) electrons. The summed E-state index contributed by atoms with van der Waals surface area (Å²) in [7, 11) is 0. The van der Waals surface area contributed by atoms with E-state index in [-0.39, 0.29) is 34.1 Å². The molecule has 0 aliphatic heterocycles. The van der Waals surface area contributed by atoms with Crippen molar-refractivity contribution in [1.29, 1.82) is 0 Å². The molecule has 0 saturated heterocycles. The van der Waals surface area contributed by atoms with Crippen molar-refractivity contribution >= 4 is 57.7 Å². The molecule has 2 aromatic rings. The molecule has 9 heteroatoms. The van der Waals surface area contributed by atoms with Gasteiger partial charge in [-0.15, -0.1) is 12.4 Å². The fraction of sp³-hybridized carbons (Fsp3) is 0.263. The van der Waals surface area contributed by atoms with E-state index in [1.54, 1.807) is 24.3 Å². The van der Waals surface area contributed by atoms with Crippen LogP contribution in [0.4, 0.5) is 4.39 Å². The van der Waals surface area contributed by atoms with E-state index in [0.29, 0.717) is 5.56 Å². The number of rotatable bonds is 2. The second-order valence-electron chi connectivity index (χ2n) is 6.34. The predicted octanol–water partition coefficient (Wildman–Crippen LogP) is 5.90. The summed E-state index contributed by atoms with van der Waals surface area (Å²) >= 11 is 15.9. The minimum absolute atomic E-state index is 0. The first-order valence-electron chi connectivity index (χ1n) is 7.77. The van der Waals surface area contributed by atoms with Crippen LogP contribution in [0.15, 0.2) is 42.5 Å². The number of halogens is 5. The molecule has 3 N–H and O–H groups in total. The van der Waals surface area contributed by atoms with Gasteiger partial charge in [0.2, 0.25) is 0 Å². The van der Waals surface area contributed by atoms with Gasteiger partial charge in [0.1, 0.15) is 5.82 Å². The molecule has 0 aromatic heterocycles. The van der Waals surface area contributed by atoms with Gasteiger partial charge in [0.15, 0.2) is 0 Å². The van der Waals surface area contributed by atoms with Crippen LogP contribution in [0.2, 0.25) is 5.02 Å². The summed E-state index contributed by atoms with van der Waals surface area (Å²) in [5.41, 5.74) is 3.31. The van der Waals surface area contributed by atoms with Crippen LogP contribution in [-0.2, 0) is 0 Å². The highest BCUT2D eigenvalue weighted by Crippen LogP contribution is 2.22. The molecule has 0 amide bonds. The number of hydrogen-bond acceptors (Lipinski definition) is 4. The Balaban J connectivity index is 0. The molecule has 0 saturated carbocycles. The van der Waals surface area contributed by atoms with E-state index in [9.17, 15) is 14.0 Å². The summed E-state index contributed by atoms with van der Waals surface area (Å²) in [5, 5.41) is -0.933. The number of carbonyl (C=O) groups excluding carboxylic acids is 2. The lowest BCUT2D eigenvalue weighted by Crippen LogP contribution is -2.41. The van der Waals surface area contributed by atoms with Gasteiger partial charge in [0.25, 0.3) is 10.5 Å². The fourth-order valence-electron chi connectivity index (χ4n) is 1.38. The highest BCUT2D eigenvalue weighted by molar-refractivity contribution is 6.68. The molecular weight excluding hydrogens is 449 g/mol. The van der Waals surface area contributed by atoms with Gasteiger partial charge in [-0.25, -0.2) is 4.39 Å². The Bertz CT molecular complexity index is 767. The minimum atomic E-state index is -0.813. The molecule has 0 aliphatic rings. The second kappa shape index (κ2) is 13.9. The Morgan fingerprint density at radius 3 is 1.79 bits per heavy atom. The van der Waals surface area contributed by atoms with Gasteiger partial charge in [-0.05, 0) is 63.0 Å². The van der Waals surface area contributed by atoms with Crippen molar-refractivity contribution in [3.63, 3.8) is 0 Å². The lowest BCUT2D eigenvalue weighted by molar-refractivity contribution is 0.107. The third-order valence-corrected chi connectivity index (χ3v) is 3.80. The van der Waals surface area contributed by atoms with Crippen LogP contribution in [0.25, 0.3) is 0 Å². The van der Waals surface area contributed by atoms with Crippen LogP contribution < -0.4 is 11.3 Å². The first-order valence-corrected chi connectivity index (χ1v) is 8.91. The maximum absolute atomic E-state index is 13.1. The zero-order valence-electron chi connectivity index (χ0n) is 15.9. The minimum Gasteiger partial charge on any atom is -0.276 e. The summed E-state index contributed by atoms with van der Waals surface area (Å²) in [6.45, 7) is 7.51. The molecule has 0 aliphatic carbocycles. The summed E-state index contributed by atoms with van der Waals surface area (Å²) in [4.78, 5) is 21.0. The molecule has 2 rings (SSSR count). The maximum atomic E-state index is 13.1. The lowest BCUT2D eigenvalue weighted by Gasteiger charge is -2.14. The van der Waals surface area contributed by atoms with E-state index in [0.717, 1.165) is 0 Å². The monoisotopic (exact) mass is 470 g/mol. The molecule has 0 atom stereocenters. The van der Waals surface area contributed by atoms with Gasteiger partial charge in [-0.2, -0.15) is 0 Å². The van der Waals surface area contributed by atoms with Gasteiger partial charge in [0.05, 0.1) is 5.56 Å². The highest BCUT2D eigenvalue weighted by atomic mass is 35.5. The number of hydrazine groups is 1. The van der Waals surface area contributed by atoms with Gasteiger partial charge in [-0.3, -0.25) is 20.9 Å². The Labute approximate surface area is 185 Å². The number of hydrogen-bond donors (Lipinski definition) is 2. The number of nitrogens with two attached hydrogens (primary N) is 1. The van der Waals surface area contributed by atoms with Crippen molar-refractivity contribution in [1.82, 2.24) is 5.43 Å². The SMILES string of the molecule is CC(C)(C)NN.Cc1c(Cl)ccc(C(=O)Cl)c1F.Cl.O=C(Cl)c1ccccc1. The number of nitrogens with one attached hydrogen (secondary N) is 1. The number of carbonyl (C=O) groups is 2. The normalized spacial score (nSPS) is 9.75. The molecule has 156 valence electrons. The third kappa shape index (κ3) is 11.6. The summed E-state index contributed by atoms with van der Waals surface area (Å²) in [6.07, 6.45) is 0. The van der Waals surface area contributed by atoms with Crippen molar-refractivity contribution in [3.05, 3.63) is 70.0 Å². The van der Waals surface area contributed by atoms with E-state index in [2.05, 4.69) is 5.43 Å². The van der Waals surface area contributed by atoms with Crippen LogP contribution in [0.1, 0.15) is 47.1 Å². The summed E-state index contributed by atoms with van der Waals surface area (Å²) in [6, 6.07) is 11.4. The van der Waals surface area contributed by atoms with Crippen LogP contribution in [-0.4, -0.2) is 16.0 Å². The molecule has 0 bridgehead atoms. The largest absolute Gasteiger partial charge is 0.276 e. The first kappa shape index (κ1) is 29.0. The molecule has 0 heterocycles. The van der Waals surface area contributed by atoms with Gasteiger partial charge in [0, 0.05) is 21.7 Å². The molecule has 0 fully saturated rings. The molecule has 28 heavy (non-hydrogen) atoms. The van der Waals surface area contributed by atoms with E-state index in [1.165, 1.54) is 19.1 Å². The van der Waals surface area contributed by atoms with Crippen LogP contribution in [0.5, 0.6) is 0 Å². The van der Waals surface area contributed by atoms with E-state index < -0.39 is 16.3 Å². The molecule has 0 unspecified atom stereocenters. The van der Waals surface area contributed by atoms with Crippen molar-refractivity contribution in [3.8, 4) is 0 Å². The maximum Gasteiger partial charge on any atom is 0.255 e. The molecular formula is C19H23Cl4FN2O2. The Morgan fingerprint density at radius 2 is 1.46 bits per heavy atom. The average Bonchev–Trinajstić information content (AvgIpc) is 2.60. The zero-order chi connectivity index (χ0) is 21.2. The molecule has 2 aromatic carbocycles. The van der Waals surface area contributed by atoms with Gasteiger partial charge in [-0.1, -0.05) is 41.9 Å². The number of benzene rings is 2. The van der Waals surface area contributed by atoms with Crippen molar-refractivity contribution in [2.24, 2.45) is 5.84 Å². The van der Waals surface area contributed by atoms with E-state index >= 15 is 0 Å². The average molecular weight is 472 g/mol. The van der Waals surface area contributed by atoms with Gasteiger partial charge < -0.3 is 0 Å². The van der Waals surface area contributed by atoms with E-state index in [4.69, 9.17) is 40.6 Å². The predicted molar refractivity (Wildman–Crippen MR) is 117 cm³/mol. The van der Waals surface area contributed by atoms with Crippen LogP contribution >= 0.6 is 47.2 Å². The quantitative estimate of drug-likeness (QED) is 0.324. The van der Waals surface area contributed by atoms with Crippen LogP contribution in [0.3, 0.4) is 0 Å².